The minimum atomic E-state index is -3.68. The van der Waals surface area contributed by atoms with Crippen LogP contribution >= 0.6 is 0 Å². The van der Waals surface area contributed by atoms with E-state index in [1.807, 2.05) is 24.3 Å². The topological polar surface area (TPSA) is 89.3 Å². The molecule has 0 spiro atoms. The molecule has 1 N–H and O–H groups in total. The largest absolute Gasteiger partial charge is 0.449 e. The molecule has 0 saturated carbocycles. The summed E-state index contributed by atoms with van der Waals surface area (Å²) in [5.74, 6) is -0.156. The number of amides is 1. The molecule has 158 valence electrons. The normalized spacial score (nSPS) is 11.6. The second-order valence-corrected chi connectivity index (χ2v) is 9.25. The zero-order valence-electron chi connectivity index (χ0n) is 16.9. The van der Waals surface area contributed by atoms with Gasteiger partial charge in [0.25, 0.3) is 5.91 Å². The molecule has 0 aliphatic carbocycles. The quantitative estimate of drug-likeness (QED) is 0.425. The van der Waals surface area contributed by atoms with Crippen LogP contribution in [0.5, 0.6) is 0 Å². The predicted octanol–water partition coefficient (Wildman–Crippen LogP) is 4.74. The monoisotopic (exact) mass is 442 g/mol. The third-order valence-corrected chi connectivity index (χ3v) is 7.10. The number of pyridine rings is 1. The summed E-state index contributed by atoms with van der Waals surface area (Å²) >= 11 is 0. The van der Waals surface area contributed by atoms with E-state index >= 15 is 0 Å². The van der Waals surface area contributed by atoms with Crippen LogP contribution in [0.2, 0.25) is 0 Å². The van der Waals surface area contributed by atoms with Gasteiger partial charge in [-0.25, -0.2) is 8.42 Å². The van der Waals surface area contributed by atoms with Gasteiger partial charge in [-0.1, -0.05) is 48.5 Å². The molecule has 0 atom stereocenters. The van der Waals surface area contributed by atoms with Gasteiger partial charge in [0.05, 0.1) is 16.0 Å². The van der Waals surface area contributed by atoms with Crippen molar-refractivity contribution in [3.63, 3.8) is 0 Å². The lowest BCUT2D eigenvalue weighted by atomic mass is 10.1. The second kappa shape index (κ2) is 7.94. The molecule has 32 heavy (non-hydrogen) atoms. The van der Waals surface area contributed by atoms with Gasteiger partial charge in [0.15, 0.2) is 11.3 Å². The molecule has 5 aromatic rings. The molecule has 0 unspecified atom stereocenters. The van der Waals surface area contributed by atoms with E-state index in [0.29, 0.717) is 11.0 Å². The Hall–Kier alpha value is -3.97. The molecule has 0 fully saturated rings. The molecule has 0 aliphatic rings. The fourth-order valence-electron chi connectivity index (χ4n) is 3.61. The highest BCUT2D eigenvalue weighted by Gasteiger charge is 2.20. The van der Waals surface area contributed by atoms with Crippen molar-refractivity contribution in [2.75, 3.05) is 0 Å². The number of hydrogen-bond donors (Lipinski definition) is 1. The maximum atomic E-state index is 13.2. The third-order valence-electron chi connectivity index (χ3n) is 5.27. The van der Waals surface area contributed by atoms with E-state index in [1.54, 1.807) is 67.0 Å². The number of furan rings is 1. The Balaban J connectivity index is 1.34. The number of nitrogens with one attached hydrogen (secondary N) is 1. The van der Waals surface area contributed by atoms with E-state index in [0.717, 1.165) is 16.3 Å². The van der Waals surface area contributed by atoms with Crippen LogP contribution in [0.15, 0.2) is 105 Å². The van der Waals surface area contributed by atoms with Gasteiger partial charge in [-0.15, -0.1) is 0 Å². The highest BCUT2D eigenvalue weighted by atomic mass is 32.2. The fraction of sp³-hybridized carbons (Fsp3) is 0.0400. The van der Waals surface area contributed by atoms with Gasteiger partial charge in [0.1, 0.15) is 0 Å². The van der Waals surface area contributed by atoms with E-state index in [2.05, 4.69) is 10.3 Å². The Bertz CT molecular complexity index is 1520. The number of benzene rings is 3. The zero-order chi connectivity index (χ0) is 22.1. The summed E-state index contributed by atoms with van der Waals surface area (Å²) in [5, 5.41) is 5.14. The summed E-state index contributed by atoms with van der Waals surface area (Å²) in [6.07, 6.45) is 3.19. The smallest absolute Gasteiger partial charge is 0.287 e. The molecule has 3 aromatic carbocycles. The summed E-state index contributed by atoms with van der Waals surface area (Å²) in [5.41, 5.74) is 1.31. The maximum absolute atomic E-state index is 13.2. The van der Waals surface area contributed by atoms with Crippen molar-refractivity contribution in [3.8, 4) is 0 Å². The van der Waals surface area contributed by atoms with Crippen LogP contribution in [0, 0.1) is 0 Å². The van der Waals surface area contributed by atoms with Crippen LogP contribution in [0.3, 0.4) is 0 Å². The first-order valence-electron chi connectivity index (χ1n) is 9.96. The first-order chi connectivity index (χ1) is 15.5. The number of fused-ring (bicyclic) bond motifs is 2. The van der Waals surface area contributed by atoms with Gasteiger partial charge in [-0.05, 0) is 41.3 Å². The Kier molecular flexibility index (Phi) is 4.95. The molecule has 2 aromatic heterocycles. The van der Waals surface area contributed by atoms with E-state index in [9.17, 15) is 13.2 Å². The minimum absolute atomic E-state index is 0.197. The van der Waals surface area contributed by atoms with E-state index in [4.69, 9.17) is 4.42 Å². The highest BCUT2D eigenvalue weighted by molar-refractivity contribution is 7.91. The highest BCUT2D eigenvalue weighted by Crippen LogP contribution is 2.28. The zero-order valence-corrected chi connectivity index (χ0v) is 17.7. The SMILES string of the molecule is O=C(NCc1ccc(S(=O)(=O)c2cccc3ccccc23)cc1)c1cc2ccncc2o1. The molecular formula is C25H18N2O4S. The number of hydrogen-bond acceptors (Lipinski definition) is 5. The van der Waals surface area contributed by atoms with Gasteiger partial charge in [-0.2, -0.15) is 0 Å². The number of sulfone groups is 1. The molecular weight excluding hydrogens is 424 g/mol. The summed E-state index contributed by atoms with van der Waals surface area (Å²) in [6, 6.07) is 22.6. The number of carbonyl (C=O) groups excluding carboxylic acids is 1. The van der Waals surface area contributed by atoms with Crippen molar-refractivity contribution < 1.29 is 17.6 Å². The number of nitrogens with zero attached hydrogens (tertiary/aromatic N) is 1. The van der Waals surface area contributed by atoms with Crippen molar-refractivity contribution in [2.24, 2.45) is 0 Å². The number of carbonyl (C=O) groups is 1. The molecule has 0 aliphatic heterocycles. The van der Waals surface area contributed by atoms with Crippen molar-refractivity contribution in [2.45, 2.75) is 16.3 Å². The summed E-state index contributed by atoms with van der Waals surface area (Å²) in [7, 11) is -3.68. The Morgan fingerprint density at radius 1 is 0.906 bits per heavy atom. The average Bonchev–Trinajstić information content (AvgIpc) is 3.27. The van der Waals surface area contributed by atoms with Crippen molar-refractivity contribution in [1.29, 1.82) is 0 Å². The van der Waals surface area contributed by atoms with E-state index in [1.165, 1.54) is 0 Å². The van der Waals surface area contributed by atoms with Gasteiger partial charge in [0, 0.05) is 23.5 Å². The first-order valence-corrected chi connectivity index (χ1v) is 11.4. The first kappa shape index (κ1) is 20.0. The molecule has 7 heteroatoms. The van der Waals surface area contributed by atoms with Crippen molar-refractivity contribution in [1.82, 2.24) is 10.3 Å². The average molecular weight is 442 g/mol. The van der Waals surface area contributed by atoms with Crippen LogP contribution in [-0.4, -0.2) is 19.3 Å². The van der Waals surface area contributed by atoms with E-state index < -0.39 is 9.84 Å². The van der Waals surface area contributed by atoms with Crippen LogP contribution in [0.1, 0.15) is 16.1 Å². The van der Waals surface area contributed by atoms with E-state index in [-0.39, 0.29) is 28.0 Å². The van der Waals surface area contributed by atoms with Crippen LogP contribution in [0.25, 0.3) is 21.7 Å². The van der Waals surface area contributed by atoms with Gasteiger partial charge in [0.2, 0.25) is 9.84 Å². The van der Waals surface area contributed by atoms with Crippen LogP contribution < -0.4 is 5.32 Å². The molecule has 0 saturated heterocycles. The molecule has 5 rings (SSSR count). The second-order valence-electron chi connectivity index (χ2n) is 7.33. The predicted molar refractivity (Wildman–Crippen MR) is 121 cm³/mol. The summed E-state index contributed by atoms with van der Waals surface area (Å²) < 4.78 is 31.9. The van der Waals surface area contributed by atoms with Crippen LogP contribution in [-0.2, 0) is 16.4 Å². The van der Waals surface area contributed by atoms with Crippen molar-refractivity contribution in [3.05, 3.63) is 103 Å². The molecule has 0 bridgehead atoms. The maximum Gasteiger partial charge on any atom is 0.287 e. The lowest BCUT2D eigenvalue weighted by Gasteiger charge is -2.09. The Morgan fingerprint density at radius 3 is 2.50 bits per heavy atom. The number of aromatic nitrogens is 1. The lowest BCUT2D eigenvalue weighted by molar-refractivity contribution is 0.0925. The van der Waals surface area contributed by atoms with Gasteiger partial charge < -0.3 is 9.73 Å². The van der Waals surface area contributed by atoms with Gasteiger partial charge in [-0.3, -0.25) is 9.78 Å². The molecule has 6 nitrogen and oxygen atoms in total. The minimum Gasteiger partial charge on any atom is -0.449 e. The number of rotatable bonds is 5. The molecule has 0 radical (unpaired) electrons. The Labute approximate surface area is 184 Å². The lowest BCUT2D eigenvalue weighted by Crippen LogP contribution is -2.22. The third kappa shape index (κ3) is 3.63. The molecule has 1 amide bonds. The summed E-state index contributed by atoms with van der Waals surface area (Å²) in [4.78, 5) is 16.8. The fourth-order valence-corrected chi connectivity index (χ4v) is 5.09. The summed E-state index contributed by atoms with van der Waals surface area (Å²) in [6.45, 7) is 0.239. The van der Waals surface area contributed by atoms with Crippen LogP contribution in [0.4, 0.5) is 0 Å². The standard InChI is InChI=1S/C25H18N2O4S/c28-25(22-14-19-12-13-26-16-23(19)31-22)27-15-17-8-10-20(11-9-17)32(29,30)24-7-3-5-18-4-1-2-6-21(18)24/h1-14,16H,15H2,(H,27,28). The van der Waals surface area contributed by atoms with Crippen molar-refractivity contribution >= 4 is 37.5 Å². The Morgan fingerprint density at radius 2 is 1.69 bits per heavy atom. The molecule has 2 heterocycles. The van der Waals surface area contributed by atoms with Gasteiger partial charge >= 0.3 is 0 Å².